The Bertz CT molecular complexity index is 2350. The molecule has 5 aromatic rings. The molecule has 0 aliphatic carbocycles. The molecule has 59 heavy (non-hydrogen) atoms. The van der Waals surface area contributed by atoms with E-state index in [9.17, 15) is 9.59 Å². The van der Waals surface area contributed by atoms with Crippen LogP contribution in [0.3, 0.4) is 0 Å². The molecule has 2 aliphatic heterocycles. The summed E-state index contributed by atoms with van der Waals surface area (Å²) in [4.78, 5) is 34.6. The highest BCUT2D eigenvalue weighted by molar-refractivity contribution is 5.99. The molecular formula is C43H47F5N8O3. The van der Waals surface area contributed by atoms with Crippen LogP contribution in [0.15, 0.2) is 48.7 Å². The van der Waals surface area contributed by atoms with Gasteiger partial charge in [-0.25, -0.2) is 31.6 Å². The maximum atomic E-state index is 15.8. The second-order valence-corrected chi connectivity index (χ2v) is 15.1. The summed E-state index contributed by atoms with van der Waals surface area (Å²) in [5, 5.41) is 12.2. The molecule has 0 bridgehead atoms. The average molecular weight is 819 g/mol. The first-order valence-electron chi connectivity index (χ1n) is 19.9. The Morgan fingerprint density at radius 2 is 1.69 bits per heavy atom. The Morgan fingerprint density at radius 3 is 2.37 bits per heavy atom. The smallest absolute Gasteiger partial charge is 0.260 e. The van der Waals surface area contributed by atoms with Gasteiger partial charge in [0.25, 0.3) is 11.8 Å². The fourth-order valence-electron chi connectivity index (χ4n) is 8.03. The fraction of sp³-hybridized carbons (Fsp3) is 0.395. The molecule has 0 saturated carbocycles. The number of amides is 2. The Labute approximate surface area is 338 Å². The molecule has 2 saturated heterocycles. The first kappa shape index (κ1) is 41.7. The van der Waals surface area contributed by atoms with E-state index >= 15 is 22.0 Å². The molecule has 2 aliphatic rings. The van der Waals surface area contributed by atoms with Crippen molar-refractivity contribution in [2.75, 3.05) is 38.2 Å². The molecule has 16 heteroatoms. The Morgan fingerprint density at radius 1 is 0.966 bits per heavy atom. The Balaban J connectivity index is 1.33. The molecule has 2 aromatic heterocycles. The third-order valence-electron chi connectivity index (χ3n) is 11.0. The third kappa shape index (κ3) is 8.66. The number of aryl methyl sites for hydroxylation is 2. The minimum atomic E-state index is -2.09. The van der Waals surface area contributed by atoms with Gasteiger partial charge in [0.2, 0.25) is 0 Å². The zero-order valence-electron chi connectivity index (χ0n) is 33.2. The number of hydrogen-bond acceptors (Lipinski definition) is 8. The standard InChI is InChI=1S/C43H47F5N8O3/c1-4-33-31(40(52-28-11-15-59-16-12-28)30-19-51-56(5-2)42(30)53-33)23-55(43(58)35-38(47)36(45)34(41(49)57)37(46)39(35)48)22-26-9-10-32(44)29(18-26)27-8-6-7-25(17-27)21-54-14-13-50-24(3)20-54/h6-10,17-19,24,28,50H,4-5,11-16,20-23H2,1-3H3,(H2,49,57)(H,52,53)/t24-/m0/s1. The van der Waals surface area contributed by atoms with E-state index < -0.39 is 52.0 Å². The number of primary amides is 1. The van der Waals surface area contributed by atoms with Crippen molar-refractivity contribution in [3.8, 4) is 11.1 Å². The molecule has 1 atom stereocenters. The summed E-state index contributed by atoms with van der Waals surface area (Å²) in [5.41, 5.74) is 6.19. The van der Waals surface area contributed by atoms with Crippen molar-refractivity contribution in [3.63, 3.8) is 0 Å². The van der Waals surface area contributed by atoms with Gasteiger partial charge < -0.3 is 26.0 Å². The maximum Gasteiger partial charge on any atom is 0.260 e. The van der Waals surface area contributed by atoms with Crippen LogP contribution in [-0.4, -0.2) is 81.3 Å². The lowest BCUT2D eigenvalue weighted by molar-refractivity contribution is 0.0715. The molecule has 312 valence electrons. The van der Waals surface area contributed by atoms with Crippen molar-refractivity contribution in [2.24, 2.45) is 5.73 Å². The van der Waals surface area contributed by atoms with E-state index in [-0.39, 0.29) is 24.7 Å². The molecule has 0 spiro atoms. The second-order valence-electron chi connectivity index (χ2n) is 15.1. The molecule has 0 radical (unpaired) electrons. The molecule has 0 unspecified atom stereocenters. The van der Waals surface area contributed by atoms with Crippen LogP contribution in [0, 0.1) is 29.1 Å². The van der Waals surface area contributed by atoms with Gasteiger partial charge in [0, 0.05) is 81.4 Å². The topological polar surface area (TPSA) is 131 Å². The highest BCUT2D eigenvalue weighted by Gasteiger charge is 2.35. The number of carbonyl (C=O) groups excluding carboxylic acids is 2. The van der Waals surface area contributed by atoms with Gasteiger partial charge in [-0.15, -0.1) is 0 Å². The van der Waals surface area contributed by atoms with Crippen LogP contribution in [0.1, 0.15) is 76.7 Å². The maximum absolute atomic E-state index is 15.8. The highest BCUT2D eigenvalue weighted by atomic mass is 19.2. The van der Waals surface area contributed by atoms with E-state index in [0.29, 0.717) is 90.7 Å². The van der Waals surface area contributed by atoms with Gasteiger partial charge in [0.15, 0.2) is 28.9 Å². The number of ether oxygens (including phenoxy) is 1. The van der Waals surface area contributed by atoms with Crippen LogP contribution < -0.4 is 16.4 Å². The summed E-state index contributed by atoms with van der Waals surface area (Å²) in [6.45, 7) is 9.95. The number of nitrogens with one attached hydrogen (secondary N) is 2. The lowest BCUT2D eigenvalue weighted by Gasteiger charge is -2.31. The molecule has 4 heterocycles. The zero-order chi connectivity index (χ0) is 42.0. The van der Waals surface area contributed by atoms with Gasteiger partial charge in [0.05, 0.1) is 23.8 Å². The number of nitrogens with two attached hydrogens (primary N) is 1. The zero-order valence-corrected chi connectivity index (χ0v) is 33.2. The van der Waals surface area contributed by atoms with E-state index in [2.05, 4.69) is 27.6 Å². The van der Waals surface area contributed by atoms with Gasteiger partial charge >= 0.3 is 0 Å². The number of pyridine rings is 1. The van der Waals surface area contributed by atoms with E-state index in [1.165, 1.54) is 12.1 Å². The number of nitrogens with zero attached hydrogens (tertiary/aromatic N) is 5. The predicted octanol–water partition coefficient (Wildman–Crippen LogP) is 6.70. The molecule has 2 amide bonds. The van der Waals surface area contributed by atoms with Crippen LogP contribution in [0.2, 0.25) is 0 Å². The van der Waals surface area contributed by atoms with Crippen LogP contribution in [0.4, 0.5) is 27.6 Å². The number of aromatic nitrogens is 3. The normalized spacial score (nSPS) is 16.4. The number of rotatable bonds is 13. The van der Waals surface area contributed by atoms with Crippen LogP contribution in [0.25, 0.3) is 22.2 Å². The number of carbonyl (C=O) groups is 2. The van der Waals surface area contributed by atoms with Crippen LogP contribution in [-0.2, 0) is 37.3 Å². The molecular weight excluding hydrogens is 772 g/mol. The predicted molar refractivity (Wildman–Crippen MR) is 213 cm³/mol. The summed E-state index contributed by atoms with van der Waals surface area (Å²) >= 11 is 0. The summed E-state index contributed by atoms with van der Waals surface area (Å²) in [6.07, 6.45) is 3.36. The van der Waals surface area contributed by atoms with Gasteiger partial charge in [0.1, 0.15) is 16.9 Å². The van der Waals surface area contributed by atoms with Crippen LogP contribution in [0.5, 0.6) is 0 Å². The molecule has 2 fully saturated rings. The van der Waals surface area contributed by atoms with Crippen molar-refractivity contribution >= 4 is 28.5 Å². The van der Waals surface area contributed by atoms with E-state index in [1.807, 2.05) is 32.0 Å². The lowest BCUT2D eigenvalue weighted by atomic mass is 9.99. The minimum Gasteiger partial charge on any atom is -0.381 e. The van der Waals surface area contributed by atoms with Crippen LogP contribution >= 0.6 is 0 Å². The van der Waals surface area contributed by atoms with Gasteiger partial charge in [-0.1, -0.05) is 31.2 Å². The summed E-state index contributed by atoms with van der Waals surface area (Å²) in [6, 6.07) is 12.0. The number of benzene rings is 3. The fourth-order valence-corrected chi connectivity index (χ4v) is 8.03. The highest BCUT2D eigenvalue weighted by Crippen LogP contribution is 2.35. The Hall–Kier alpha value is -5.45. The Kier molecular flexibility index (Phi) is 12.6. The molecule has 11 nitrogen and oxygen atoms in total. The van der Waals surface area contributed by atoms with Crippen molar-refractivity contribution in [3.05, 3.63) is 111 Å². The van der Waals surface area contributed by atoms with Crippen molar-refractivity contribution in [1.82, 2.24) is 29.9 Å². The van der Waals surface area contributed by atoms with E-state index in [0.717, 1.165) is 30.1 Å². The first-order valence-corrected chi connectivity index (χ1v) is 19.9. The van der Waals surface area contributed by atoms with E-state index in [1.54, 1.807) is 23.0 Å². The number of hydrogen-bond donors (Lipinski definition) is 3. The summed E-state index contributed by atoms with van der Waals surface area (Å²) in [5.74, 6) is -12.0. The number of fused-ring (bicyclic) bond motifs is 1. The molecule has 3 aromatic carbocycles. The van der Waals surface area contributed by atoms with Crippen molar-refractivity contribution in [2.45, 2.75) is 78.3 Å². The molecule has 7 rings (SSSR count). The average Bonchev–Trinajstić information content (AvgIpc) is 3.64. The number of halogens is 5. The monoisotopic (exact) mass is 818 g/mol. The minimum absolute atomic E-state index is 0.0447. The van der Waals surface area contributed by atoms with E-state index in [4.69, 9.17) is 15.5 Å². The third-order valence-corrected chi connectivity index (χ3v) is 11.0. The van der Waals surface area contributed by atoms with Gasteiger partial charge in [-0.05, 0) is 68.0 Å². The van der Waals surface area contributed by atoms with Crippen molar-refractivity contribution in [1.29, 1.82) is 0 Å². The lowest BCUT2D eigenvalue weighted by Crippen LogP contribution is -2.48. The number of anilines is 1. The number of piperazine rings is 1. The SMILES string of the molecule is CCc1nc2c(cnn2CC)c(NC2CCOCC2)c1CN(Cc1ccc(F)c(-c2cccc(CN3CCN[C@@H](C)C3)c2)c1)C(=O)c1c(F)c(F)c(C(N)=O)c(F)c1F. The summed E-state index contributed by atoms with van der Waals surface area (Å²) in [7, 11) is 0. The van der Waals surface area contributed by atoms with Gasteiger partial charge in [-0.3, -0.25) is 14.5 Å². The van der Waals surface area contributed by atoms with Crippen molar-refractivity contribution < 1.29 is 36.3 Å². The summed E-state index contributed by atoms with van der Waals surface area (Å²) < 4.78 is 85.0. The van der Waals surface area contributed by atoms with Gasteiger partial charge in [-0.2, -0.15) is 5.10 Å². The second kappa shape index (κ2) is 17.8. The molecule has 4 N–H and O–H groups in total. The first-order chi connectivity index (χ1) is 28.4. The largest absolute Gasteiger partial charge is 0.381 e. The quantitative estimate of drug-likeness (QED) is 0.0885.